The zero-order valence-corrected chi connectivity index (χ0v) is 28.8. The highest BCUT2D eigenvalue weighted by atomic mass is 32.1. The minimum atomic E-state index is -1.01. The molecule has 49 heavy (non-hydrogen) atoms. The lowest BCUT2D eigenvalue weighted by molar-refractivity contribution is 0.0696. The molecule has 0 aliphatic heterocycles. The number of benzene rings is 3. The van der Waals surface area contributed by atoms with Crippen molar-refractivity contribution in [1.29, 1.82) is 0 Å². The Morgan fingerprint density at radius 1 is 0.939 bits per heavy atom. The Labute approximate surface area is 288 Å². The molecule has 11 heteroatoms. The van der Waals surface area contributed by atoms with Crippen molar-refractivity contribution in [3.05, 3.63) is 88.8 Å². The zero-order valence-electron chi connectivity index (χ0n) is 28.0. The summed E-state index contributed by atoms with van der Waals surface area (Å²) in [4.78, 5) is 32.0. The number of fused-ring (bicyclic) bond motifs is 1. The van der Waals surface area contributed by atoms with Crippen molar-refractivity contribution in [3.8, 4) is 39.0 Å². The molecule has 1 fully saturated rings. The maximum atomic E-state index is 11.9. The van der Waals surface area contributed by atoms with E-state index in [1.54, 1.807) is 29.1 Å². The molecule has 0 saturated heterocycles. The molecule has 7 rings (SSSR count). The first-order valence-corrected chi connectivity index (χ1v) is 17.4. The van der Waals surface area contributed by atoms with Crippen LogP contribution in [0.2, 0.25) is 0 Å². The highest BCUT2D eigenvalue weighted by Gasteiger charge is 2.24. The van der Waals surface area contributed by atoms with Crippen molar-refractivity contribution in [2.45, 2.75) is 78.0 Å². The van der Waals surface area contributed by atoms with Crippen molar-refractivity contribution in [2.75, 3.05) is 0 Å². The standard InChI is InChI=1S/C38H38N6O4S/c1-23(45)33-18-19-34(49-33)30-16-12-26(37(46)47)20-27(30)22-48-29-14-10-24(11-15-29)36-39-31-21-25(35-40-42-44(41-35)38(2,3)4)13-17-32(31)43(36)28-8-6-5-7-9-28/h10-21,28H,5-9,22H2,1-4H3,(H,46,47). The lowest BCUT2D eigenvalue weighted by Crippen LogP contribution is -2.24. The largest absolute Gasteiger partial charge is 0.489 e. The van der Waals surface area contributed by atoms with Gasteiger partial charge in [0.1, 0.15) is 18.2 Å². The van der Waals surface area contributed by atoms with E-state index in [9.17, 15) is 14.7 Å². The predicted octanol–water partition coefficient (Wildman–Crippen LogP) is 8.83. The predicted molar refractivity (Wildman–Crippen MR) is 190 cm³/mol. The van der Waals surface area contributed by atoms with Crippen LogP contribution in [0.5, 0.6) is 5.75 Å². The smallest absolute Gasteiger partial charge is 0.335 e. The summed E-state index contributed by atoms with van der Waals surface area (Å²) in [6.45, 7) is 7.83. The minimum Gasteiger partial charge on any atom is -0.489 e. The number of rotatable bonds is 9. The van der Waals surface area contributed by atoms with Gasteiger partial charge in [-0.2, -0.15) is 4.80 Å². The van der Waals surface area contributed by atoms with Crippen LogP contribution in [0, 0.1) is 0 Å². The molecule has 1 saturated carbocycles. The average Bonchev–Trinajstić information content (AvgIpc) is 3.87. The van der Waals surface area contributed by atoms with E-state index in [-0.39, 0.29) is 23.5 Å². The van der Waals surface area contributed by atoms with Gasteiger partial charge < -0.3 is 14.4 Å². The number of hydrogen-bond acceptors (Lipinski definition) is 8. The number of thiophene rings is 1. The van der Waals surface area contributed by atoms with Gasteiger partial charge in [0.2, 0.25) is 5.82 Å². The molecule has 10 nitrogen and oxygen atoms in total. The van der Waals surface area contributed by atoms with E-state index >= 15 is 0 Å². The number of aromatic nitrogens is 6. The molecule has 3 heterocycles. The van der Waals surface area contributed by atoms with Gasteiger partial charge in [0.15, 0.2) is 5.78 Å². The number of nitrogens with zero attached hydrogens (tertiary/aromatic N) is 6. The van der Waals surface area contributed by atoms with Crippen LogP contribution in [-0.2, 0) is 12.1 Å². The number of carbonyl (C=O) groups excluding carboxylic acids is 1. The van der Waals surface area contributed by atoms with E-state index in [0.29, 0.717) is 22.5 Å². The van der Waals surface area contributed by atoms with Crippen molar-refractivity contribution in [3.63, 3.8) is 0 Å². The summed E-state index contributed by atoms with van der Waals surface area (Å²) in [5.41, 5.74) is 5.31. The molecule has 1 aliphatic carbocycles. The molecule has 0 radical (unpaired) electrons. The number of carbonyl (C=O) groups is 2. The third kappa shape index (κ3) is 6.63. The summed E-state index contributed by atoms with van der Waals surface area (Å²) in [5.74, 6) is 1.13. The molecule has 0 spiro atoms. The van der Waals surface area contributed by atoms with Crippen LogP contribution < -0.4 is 4.74 Å². The SMILES string of the molecule is CC(=O)c1ccc(-c2ccc(C(=O)O)cc2COc2ccc(-c3nc4cc(-c5nnn(C(C)(C)C)n5)ccc4n3C3CCCCC3)cc2)s1. The molecule has 1 N–H and O–H groups in total. The van der Waals surface area contributed by atoms with E-state index in [1.807, 2.05) is 51.1 Å². The molecule has 1 aliphatic rings. The fraction of sp³-hybridized carbons (Fsp3) is 0.316. The third-order valence-electron chi connectivity index (χ3n) is 8.98. The fourth-order valence-electron chi connectivity index (χ4n) is 6.38. The normalized spacial score (nSPS) is 14.0. The number of Topliss-reactive ketones (excluding diaryl/α,β-unsaturated/α-hetero) is 1. The average molecular weight is 675 g/mol. The molecule has 250 valence electrons. The van der Waals surface area contributed by atoms with Crippen molar-refractivity contribution >= 4 is 34.1 Å². The first-order valence-electron chi connectivity index (χ1n) is 16.6. The molecule has 3 aromatic heterocycles. The number of aromatic carboxylic acids is 1. The number of ketones is 1. The van der Waals surface area contributed by atoms with Gasteiger partial charge in [-0.25, -0.2) is 9.78 Å². The van der Waals surface area contributed by atoms with Crippen LogP contribution in [0.4, 0.5) is 0 Å². The molecule has 0 atom stereocenters. The second-order valence-corrected chi connectivity index (χ2v) is 14.7. The van der Waals surface area contributed by atoms with Crippen LogP contribution >= 0.6 is 11.3 Å². The maximum absolute atomic E-state index is 11.9. The van der Waals surface area contributed by atoms with Gasteiger partial charge in [0.25, 0.3) is 0 Å². The van der Waals surface area contributed by atoms with Crippen LogP contribution in [-0.4, -0.2) is 46.6 Å². The van der Waals surface area contributed by atoms with Gasteiger partial charge in [-0.05, 0) is 124 Å². The lowest BCUT2D eigenvalue weighted by atomic mass is 9.95. The molecule has 3 aromatic carbocycles. The van der Waals surface area contributed by atoms with E-state index in [2.05, 4.69) is 38.2 Å². The second-order valence-electron chi connectivity index (χ2n) is 13.6. The molecular weight excluding hydrogens is 637 g/mol. The van der Waals surface area contributed by atoms with Gasteiger partial charge in [0.05, 0.1) is 27.0 Å². The maximum Gasteiger partial charge on any atom is 0.335 e. The number of carboxylic acid groups (broad SMARTS) is 1. The number of ether oxygens (including phenoxy) is 1. The van der Waals surface area contributed by atoms with Crippen molar-refractivity contribution in [2.24, 2.45) is 0 Å². The van der Waals surface area contributed by atoms with Crippen LogP contribution in [0.25, 0.3) is 44.2 Å². The summed E-state index contributed by atoms with van der Waals surface area (Å²) in [5, 5.41) is 22.9. The van der Waals surface area contributed by atoms with Gasteiger partial charge in [-0.1, -0.05) is 25.3 Å². The van der Waals surface area contributed by atoms with E-state index in [4.69, 9.17) is 9.72 Å². The van der Waals surface area contributed by atoms with Crippen molar-refractivity contribution in [1.82, 2.24) is 29.8 Å². The minimum absolute atomic E-state index is 0.00383. The molecule has 0 amide bonds. The summed E-state index contributed by atoms with van der Waals surface area (Å²) < 4.78 is 8.62. The Hall–Kier alpha value is -5.16. The Kier molecular flexibility index (Phi) is 8.62. The van der Waals surface area contributed by atoms with Crippen LogP contribution in [0.3, 0.4) is 0 Å². The van der Waals surface area contributed by atoms with Crippen LogP contribution in [0.1, 0.15) is 91.4 Å². The number of tetrazole rings is 1. The van der Waals surface area contributed by atoms with E-state index < -0.39 is 5.97 Å². The molecule has 0 unspecified atom stereocenters. The van der Waals surface area contributed by atoms with Gasteiger partial charge in [-0.15, -0.1) is 21.5 Å². The fourth-order valence-corrected chi connectivity index (χ4v) is 7.35. The number of carboxylic acids is 1. The second kappa shape index (κ2) is 13.0. The van der Waals surface area contributed by atoms with E-state index in [1.165, 1.54) is 37.5 Å². The van der Waals surface area contributed by atoms with Gasteiger partial charge in [0, 0.05) is 22.0 Å². The number of hydrogen-bond donors (Lipinski definition) is 1. The lowest BCUT2D eigenvalue weighted by Gasteiger charge is -2.25. The molecule has 6 aromatic rings. The highest BCUT2D eigenvalue weighted by molar-refractivity contribution is 7.17. The van der Waals surface area contributed by atoms with E-state index in [0.717, 1.165) is 56.8 Å². The third-order valence-corrected chi connectivity index (χ3v) is 10.2. The Morgan fingerprint density at radius 3 is 2.37 bits per heavy atom. The zero-order chi connectivity index (χ0) is 34.3. The Bertz CT molecular complexity index is 2170. The quantitative estimate of drug-likeness (QED) is 0.151. The van der Waals surface area contributed by atoms with Crippen LogP contribution in [0.15, 0.2) is 72.8 Å². The van der Waals surface area contributed by atoms with Crippen molar-refractivity contribution < 1.29 is 19.4 Å². The monoisotopic (exact) mass is 674 g/mol. The topological polar surface area (TPSA) is 125 Å². The number of imidazole rings is 1. The summed E-state index contributed by atoms with van der Waals surface area (Å²) in [7, 11) is 0. The highest BCUT2D eigenvalue weighted by Crippen LogP contribution is 2.38. The first kappa shape index (κ1) is 32.4. The summed E-state index contributed by atoms with van der Waals surface area (Å²) in [6, 6.07) is 23.2. The molecular formula is C38H38N6O4S. The summed E-state index contributed by atoms with van der Waals surface area (Å²) >= 11 is 1.39. The molecule has 0 bridgehead atoms. The summed E-state index contributed by atoms with van der Waals surface area (Å²) in [6.07, 6.45) is 5.87. The Balaban J connectivity index is 1.18. The Morgan fingerprint density at radius 2 is 1.69 bits per heavy atom. The first-order chi connectivity index (χ1) is 23.5. The van der Waals surface area contributed by atoms with Gasteiger partial charge in [-0.3, -0.25) is 4.79 Å². The van der Waals surface area contributed by atoms with Gasteiger partial charge >= 0.3 is 5.97 Å².